The van der Waals surface area contributed by atoms with E-state index in [2.05, 4.69) is 5.10 Å². The van der Waals surface area contributed by atoms with Crippen molar-refractivity contribution in [1.82, 2.24) is 5.01 Å². The number of rotatable bonds is 4. The van der Waals surface area contributed by atoms with E-state index in [1.54, 1.807) is 16.3 Å². The first-order valence-electron chi connectivity index (χ1n) is 8.43. The summed E-state index contributed by atoms with van der Waals surface area (Å²) < 4.78 is 0. The molecule has 1 aliphatic heterocycles. The van der Waals surface area contributed by atoms with Crippen LogP contribution in [0.3, 0.4) is 0 Å². The fraction of sp³-hybridized carbons (Fsp3) is 0.143. The SMILES string of the molecule is O=C(Cc1ccccc1)N1N=C(c2cccs2)CC1c1ccc(Cl)cc1. The Kier molecular flexibility index (Phi) is 4.87. The van der Waals surface area contributed by atoms with E-state index in [1.807, 2.05) is 72.1 Å². The van der Waals surface area contributed by atoms with Crippen LogP contribution in [0.1, 0.15) is 28.5 Å². The van der Waals surface area contributed by atoms with E-state index in [0.29, 0.717) is 17.9 Å². The summed E-state index contributed by atoms with van der Waals surface area (Å²) in [6.07, 6.45) is 1.05. The van der Waals surface area contributed by atoms with Crippen molar-refractivity contribution in [3.63, 3.8) is 0 Å². The highest BCUT2D eigenvalue weighted by Crippen LogP contribution is 2.34. The average molecular weight is 381 g/mol. The fourth-order valence-corrected chi connectivity index (χ4v) is 3.97. The molecule has 1 atom stereocenters. The minimum atomic E-state index is -0.0967. The zero-order chi connectivity index (χ0) is 17.9. The molecule has 3 nitrogen and oxygen atoms in total. The summed E-state index contributed by atoms with van der Waals surface area (Å²) in [5, 5.41) is 9.05. The van der Waals surface area contributed by atoms with Gasteiger partial charge in [0, 0.05) is 11.4 Å². The second-order valence-electron chi connectivity index (χ2n) is 6.20. The molecule has 0 fully saturated rings. The molecule has 1 amide bonds. The molecule has 2 heterocycles. The number of hydrogen-bond acceptors (Lipinski definition) is 3. The Hall–Kier alpha value is -2.43. The molecular weight excluding hydrogens is 364 g/mol. The Labute approximate surface area is 161 Å². The molecule has 4 rings (SSSR count). The molecule has 0 spiro atoms. The lowest BCUT2D eigenvalue weighted by molar-refractivity contribution is -0.132. The lowest BCUT2D eigenvalue weighted by atomic mass is 10.0. The van der Waals surface area contributed by atoms with Crippen molar-refractivity contribution in [2.75, 3.05) is 0 Å². The predicted molar refractivity (Wildman–Crippen MR) is 107 cm³/mol. The van der Waals surface area contributed by atoms with Crippen LogP contribution >= 0.6 is 22.9 Å². The van der Waals surface area contributed by atoms with E-state index in [-0.39, 0.29) is 11.9 Å². The van der Waals surface area contributed by atoms with Crippen LogP contribution in [0, 0.1) is 0 Å². The molecule has 3 aromatic rings. The predicted octanol–water partition coefficient (Wildman–Crippen LogP) is 5.32. The van der Waals surface area contributed by atoms with E-state index in [9.17, 15) is 4.79 Å². The van der Waals surface area contributed by atoms with Crippen molar-refractivity contribution in [3.8, 4) is 0 Å². The van der Waals surface area contributed by atoms with E-state index >= 15 is 0 Å². The Morgan fingerprint density at radius 3 is 2.54 bits per heavy atom. The van der Waals surface area contributed by atoms with Gasteiger partial charge in [0.1, 0.15) is 0 Å². The summed E-state index contributed by atoms with van der Waals surface area (Å²) in [7, 11) is 0. The van der Waals surface area contributed by atoms with Gasteiger partial charge in [-0.1, -0.05) is 60.1 Å². The van der Waals surface area contributed by atoms with E-state index in [1.165, 1.54) is 0 Å². The number of halogens is 1. The molecule has 1 aromatic heterocycles. The Morgan fingerprint density at radius 1 is 1.08 bits per heavy atom. The maximum absolute atomic E-state index is 13.0. The molecule has 5 heteroatoms. The summed E-state index contributed by atoms with van der Waals surface area (Å²) in [5.41, 5.74) is 3.00. The quantitative estimate of drug-likeness (QED) is 0.602. The standard InChI is InChI=1S/C21H17ClN2OS/c22-17-10-8-16(9-11-17)19-14-18(20-7-4-12-26-20)23-24(19)21(25)13-15-5-2-1-3-6-15/h1-12,19H,13-14H2. The van der Waals surface area contributed by atoms with Crippen molar-refractivity contribution in [3.05, 3.63) is 93.1 Å². The van der Waals surface area contributed by atoms with Crippen LogP contribution in [0.2, 0.25) is 5.02 Å². The molecule has 2 aromatic carbocycles. The lowest BCUT2D eigenvalue weighted by Gasteiger charge is -2.22. The van der Waals surface area contributed by atoms with E-state index < -0.39 is 0 Å². The lowest BCUT2D eigenvalue weighted by Crippen LogP contribution is -2.28. The van der Waals surface area contributed by atoms with Crippen LogP contribution in [0.15, 0.2) is 77.2 Å². The summed E-state index contributed by atoms with van der Waals surface area (Å²) in [4.78, 5) is 14.1. The van der Waals surface area contributed by atoms with Crippen molar-refractivity contribution in [2.45, 2.75) is 18.9 Å². The molecule has 0 radical (unpaired) electrons. The third kappa shape index (κ3) is 3.57. The largest absolute Gasteiger partial charge is 0.273 e. The van der Waals surface area contributed by atoms with Gasteiger partial charge in [0.05, 0.1) is 23.1 Å². The van der Waals surface area contributed by atoms with Gasteiger partial charge in [-0.05, 0) is 34.7 Å². The third-order valence-corrected chi connectivity index (χ3v) is 5.60. The highest BCUT2D eigenvalue weighted by molar-refractivity contribution is 7.12. The maximum atomic E-state index is 13.0. The van der Waals surface area contributed by atoms with E-state index in [4.69, 9.17) is 11.6 Å². The van der Waals surface area contributed by atoms with Crippen LogP contribution in [0.5, 0.6) is 0 Å². The second-order valence-corrected chi connectivity index (χ2v) is 7.58. The van der Waals surface area contributed by atoms with Crippen molar-refractivity contribution >= 4 is 34.6 Å². The number of nitrogens with zero attached hydrogens (tertiary/aromatic N) is 2. The van der Waals surface area contributed by atoms with Gasteiger partial charge in [-0.25, -0.2) is 5.01 Å². The van der Waals surface area contributed by atoms with E-state index in [0.717, 1.165) is 21.7 Å². The minimum Gasteiger partial charge on any atom is -0.273 e. The highest BCUT2D eigenvalue weighted by Gasteiger charge is 2.33. The molecule has 0 saturated heterocycles. The summed E-state index contributed by atoms with van der Waals surface area (Å²) in [6.45, 7) is 0. The van der Waals surface area contributed by atoms with Gasteiger partial charge >= 0.3 is 0 Å². The molecule has 1 aliphatic rings. The number of amides is 1. The molecule has 0 saturated carbocycles. The molecular formula is C21H17ClN2OS. The normalized spacial score (nSPS) is 16.6. The number of carbonyl (C=O) groups is 1. The van der Waals surface area contributed by atoms with Gasteiger partial charge in [0.25, 0.3) is 0 Å². The smallest absolute Gasteiger partial charge is 0.247 e. The third-order valence-electron chi connectivity index (χ3n) is 4.42. The second kappa shape index (κ2) is 7.44. The number of thiophene rings is 1. The number of carbonyl (C=O) groups excluding carboxylic acids is 1. The van der Waals surface area contributed by atoms with Gasteiger partial charge in [-0.15, -0.1) is 11.3 Å². The Balaban J connectivity index is 1.64. The zero-order valence-electron chi connectivity index (χ0n) is 14.0. The molecule has 1 unspecified atom stereocenters. The van der Waals surface area contributed by atoms with Gasteiger partial charge in [0.15, 0.2) is 0 Å². The molecule has 0 N–H and O–H groups in total. The first-order chi connectivity index (χ1) is 12.7. The Bertz CT molecular complexity index is 920. The first-order valence-corrected chi connectivity index (χ1v) is 9.69. The molecule has 0 bridgehead atoms. The van der Waals surface area contributed by atoms with Gasteiger partial charge < -0.3 is 0 Å². The van der Waals surface area contributed by atoms with Gasteiger partial charge in [-0.3, -0.25) is 4.79 Å². The maximum Gasteiger partial charge on any atom is 0.247 e. The fourth-order valence-electron chi connectivity index (χ4n) is 3.13. The van der Waals surface area contributed by atoms with Crippen LogP contribution in [0.4, 0.5) is 0 Å². The molecule has 0 aliphatic carbocycles. The summed E-state index contributed by atoms with van der Waals surface area (Å²) >= 11 is 7.67. The topological polar surface area (TPSA) is 32.7 Å². The zero-order valence-corrected chi connectivity index (χ0v) is 15.6. The van der Waals surface area contributed by atoms with Crippen molar-refractivity contribution in [1.29, 1.82) is 0 Å². The van der Waals surface area contributed by atoms with Crippen LogP contribution < -0.4 is 0 Å². The summed E-state index contributed by atoms with van der Waals surface area (Å²) in [5.74, 6) is 0.00251. The Morgan fingerprint density at radius 2 is 1.85 bits per heavy atom. The minimum absolute atomic E-state index is 0.00251. The molecule has 26 heavy (non-hydrogen) atoms. The number of hydrazone groups is 1. The number of benzene rings is 2. The van der Waals surface area contributed by atoms with Gasteiger partial charge in [-0.2, -0.15) is 5.10 Å². The summed E-state index contributed by atoms with van der Waals surface area (Å²) in [6, 6.07) is 21.4. The monoisotopic (exact) mass is 380 g/mol. The van der Waals surface area contributed by atoms with Crippen molar-refractivity contribution < 1.29 is 4.79 Å². The average Bonchev–Trinajstić information content (AvgIpc) is 3.33. The van der Waals surface area contributed by atoms with Crippen LogP contribution in [0.25, 0.3) is 0 Å². The number of hydrogen-bond donors (Lipinski definition) is 0. The molecule has 130 valence electrons. The highest BCUT2D eigenvalue weighted by atomic mass is 35.5. The van der Waals surface area contributed by atoms with Crippen LogP contribution in [-0.4, -0.2) is 16.6 Å². The first kappa shape index (κ1) is 17.0. The van der Waals surface area contributed by atoms with Crippen molar-refractivity contribution in [2.24, 2.45) is 5.10 Å². The van der Waals surface area contributed by atoms with Gasteiger partial charge in [0.2, 0.25) is 5.91 Å². The van der Waals surface area contributed by atoms with Crippen LogP contribution in [-0.2, 0) is 11.2 Å².